The Hall–Kier alpha value is -2.30. The summed E-state index contributed by atoms with van der Waals surface area (Å²) in [6.45, 7) is 4.30. The molecule has 3 rings (SSSR count). The second kappa shape index (κ2) is 5.60. The van der Waals surface area contributed by atoms with Crippen molar-refractivity contribution in [3.63, 3.8) is 0 Å². The lowest BCUT2D eigenvalue weighted by atomic mass is 9.99. The van der Waals surface area contributed by atoms with Gasteiger partial charge in [-0.2, -0.15) is 4.98 Å². The van der Waals surface area contributed by atoms with Crippen molar-refractivity contribution in [2.24, 2.45) is 5.92 Å². The molecule has 1 saturated heterocycles. The molecule has 110 valence electrons. The zero-order valence-electron chi connectivity index (χ0n) is 12.2. The Bertz CT molecular complexity index is 619. The predicted molar refractivity (Wildman–Crippen MR) is 84.2 cm³/mol. The summed E-state index contributed by atoms with van der Waals surface area (Å²) >= 11 is 0. The molecule has 2 aromatic rings. The zero-order chi connectivity index (χ0) is 14.8. The zero-order valence-corrected chi connectivity index (χ0v) is 12.2. The van der Waals surface area contributed by atoms with Crippen molar-refractivity contribution in [1.82, 2.24) is 9.97 Å². The van der Waals surface area contributed by atoms with Crippen LogP contribution in [0.5, 0.6) is 5.75 Å². The van der Waals surface area contributed by atoms with Crippen molar-refractivity contribution in [1.29, 1.82) is 0 Å². The SMILES string of the molecule is CC1CCN(c2cc(-c3ccc(O)cc3)nc(N)n2)CC1. The molecule has 1 aliphatic rings. The standard InChI is InChI=1S/C16H20N4O/c1-11-6-8-20(9-7-11)15-10-14(18-16(17)19-15)12-2-4-13(21)5-3-12/h2-5,10-11,21H,6-9H2,1H3,(H2,17,18,19). The summed E-state index contributed by atoms with van der Waals surface area (Å²) in [5.41, 5.74) is 7.57. The molecule has 0 bridgehead atoms. The first-order valence-corrected chi connectivity index (χ1v) is 7.31. The molecule has 21 heavy (non-hydrogen) atoms. The van der Waals surface area contributed by atoms with Gasteiger partial charge in [-0.15, -0.1) is 0 Å². The van der Waals surface area contributed by atoms with Gasteiger partial charge in [-0.25, -0.2) is 4.98 Å². The minimum Gasteiger partial charge on any atom is -0.508 e. The monoisotopic (exact) mass is 284 g/mol. The van der Waals surface area contributed by atoms with Crippen LogP contribution in [0.25, 0.3) is 11.3 Å². The lowest BCUT2D eigenvalue weighted by molar-refractivity contribution is 0.436. The van der Waals surface area contributed by atoms with Crippen LogP contribution in [-0.2, 0) is 0 Å². The normalized spacial score (nSPS) is 16.1. The highest BCUT2D eigenvalue weighted by Gasteiger charge is 2.18. The third-order valence-corrected chi connectivity index (χ3v) is 4.00. The van der Waals surface area contributed by atoms with Crippen molar-refractivity contribution < 1.29 is 5.11 Å². The van der Waals surface area contributed by atoms with Gasteiger partial charge >= 0.3 is 0 Å². The van der Waals surface area contributed by atoms with Gasteiger partial charge in [0.25, 0.3) is 0 Å². The van der Waals surface area contributed by atoms with Crippen LogP contribution in [0.3, 0.4) is 0 Å². The molecule has 0 atom stereocenters. The number of phenolic OH excluding ortho intramolecular Hbond substituents is 1. The van der Waals surface area contributed by atoms with E-state index in [9.17, 15) is 5.11 Å². The highest BCUT2D eigenvalue weighted by Crippen LogP contribution is 2.27. The van der Waals surface area contributed by atoms with Crippen molar-refractivity contribution in [3.8, 4) is 17.0 Å². The average Bonchev–Trinajstić information content (AvgIpc) is 2.48. The van der Waals surface area contributed by atoms with Gasteiger partial charge in [-0.3, -0.25) is 0 Å². The van der Waals surface area contributed by atoms with Crippen LogP contribution in [0.4, 0.5) is 11.8 Å². The molecule has 0 spiro atoms. The fraction of sp³-hybridized carbons (Fsp3) is 0.375. The highest BCUT2D eigenvalue weighted by atomic mass is 16.3. The molecule has 0 aliphatic carbocycles. The third kappa shape index (κ3) is 3.07. The van der Waals surface area contributed by atoms with Gasteiger partial charge in [-0.05, 0) is 43.0 Å². The maximum atomic E-state index is 9.38. The van der Waals surface area contributed by atoms with Crippen molar-refractivity contribution in [2.45, 2.75) is 19.8 Å². The van der Waals surface area contributed by atoms with E-state index in [1.54, 1.807) is 12.1 Å². The molecule has 2 heterocycles. The molecule has 5 heteroatoms. The lowest BCUT2D eigenvalue weighted by Crippen LogP contribution is -2.33. The quantitative estimate of drug-likeness (QED) is 0.886. The Kier molecular flexibility index (Phi) is 3.64. The Morgan fingerprint density at radius 2 is 1.81 bits per heavy atom. The van der Waals surface area contributed by atoms with Gasteiger partial charge in [0.05, 0.1) is 5.69 Å². The molecule has 1 aromatic heterocycles. The second-order valence-electron chi connectivity index (χ2n) is 5.69. The largest absolute Gasteiger partial charge is 0.508 e. The van der Waals surface area contributed by atoms with E-state index in [2.05, 4.69) is 21.8 Å². The summed E-state index contributed by atoms with van der Waals surface area (Å²) in [6, 6.07) is 8.93. The first kappa shape index (κ1) is 13.7. The fourth-order valence-electron chi connectivity index (χ4n) is 2.63. The van der Waals surface area contributed by atoms with Crippen LogP contribution in [0, 0.1) is 5.92 Å². The number of aromatic nitrogens is 2. The maximum absolute atomic E-state index is 9.38. The van der Waals surface area contributed by atoms with Gasteiger partial charge in [0.1, 0.15) is 11.6 Å². The number of hydrogen-bond donors (Lipinski definition) is 2. The van der Waals surface area contributed by atoms with E-state index < -0.39 is 0 Å². The first-order valence-electron chi connectivity index (χ1n) is 7.31. The molecule has 1 fully saturated rings. The van der Waals surface area contributed by atoms with E-state index in [-0.39, 0.29) is 11.7 Å². The Labute approximate surface area is 124 Å². The molecule has 0 radical (unpaired) electrons. The van der Waals surface area contributed by atoms with E-state index in [1.165, 1.54) is 12.8 Å². The number of phenols is 1. The fourth-order valence-corrected chi connectivity index (χ4v) is 2.63. The Balaban J connectivity index is 1.91. The molecular formula is C16H20N4O. The maximum Gasteiger partial charge on any atom is 0.222 e. The van der Waals surface area contributed by atoms with Crippen molar-refractivity contribution in [3.05, 3.63) is 30.3 Å². The van der Waals surface area contributed by atoms with Gasteiger partial charge < -0.3 is 15.7 Å². The molecule has 5 nitrogen and oxygen atoms in total. The smallest absolute Gasteiger partial charge is 0.222 e. The molecule has 0 amide bonds. The summed E-state index contributed by atoms with van der Waals surface area (Å²) in [5, 5.41) is 9.38. The summed E-state index contributed by atoms with van der Waals surface area (Å²) in [6.07, 6.45) is 2.36. The van der Waals surface area contributed by atoms with Gasteiger partial charge in [-0.1, -0.05) is 6.92 Å². The van der Waals surface area contributed by atoms with E-state index in [1.807, 2.05) is 18.2 Å². The number of nitrogens with zero attached hydrogens (tertiary/aromatic N) is 3. The number of hydrogen-bond acceptors (Lipinski definition) is 5. The van der Waals surface area contributed by atoms with Crippen LogP contribution in [0.15, 0.2) is 30.3 Å². The predicted octanol–water partition coefficient (Wildman–Crippen LogP) is 2.67. The number of aromatic hydroxyl groups is 1. The second-order valence-corrected chi connectivity index (χ2v) is 5.69. The Morgan fingerprint density at radius 1 is 1.14 bits per heavy atom. The van der Waals surface area contributed by atoms with Gasteiger partial charge in [0.2, 0.25) is 5.95 Å². The van der Waals surface area contributed by atoms with Crippen LogP contribution in [0.2, 0.25) is 0 Å². The van der Waals surface area contributed by atoms with Crippen LogP contribution in [0.1, 0.15) is 19.8 Å². The van der Waals surface area contributed by atoms with E-state index in [0.717, 1.165) is 36.1 Å². The molecule has 1 aromatic carbocycles. The topological polar surface area (TPSA) is 75.3 Å². The molecule has 1 aliphatic heterocycles. The van der Waals surface area contributed by atoms with Crippen LogP contribution >= 0.6 is 0 Å². The minimum absolute atomic E-state index is 0.242. The number of nitrogen functional groups attached to an aromatic ring is 1. The van der Waals surface area contributed by atoms with E-state index in [0.29, 0.717) is 0 Å². The Morgan fingerprint density at radius 3 is 2.48 bits per heavy atom. The number of piperidine rings is 1. The van der Waals surface area contributed by atoms with E-state index in [4.69, 9.17) is 5.73 Å². The number of rotatable bonds is 2. The number of nitrogens with two attached hydrogens (primary N) is 1. The molecular weight excluding hydrogens is 264 g/mol. The van der Waals surface area contributed by atoms with E-state index >= 15 is 0 Å². The molecule has 0 unspecified atom stereocenters. The highest BCUT2D eigenvalue weighted by molar-refractivity contribution is 5.65. The minimum atomic E-state index is 0.242. The summed E-state index contributed by atoms with van der Waals surface area (Å²) in [4.78, 5) is 10.9. The van der Waals surface area contributed by atoms with Crippen molar-refractivity contribution in [2.75, 3.05) is 23.7 Å². The average molecular weight is 284 g/mol. The lowest BCUT2D eigenvalue weighted by Gasteiger charge is -2.31. The summed E-state index contributed by atoms with van der Waals surface area (Å²) in [7, 11) is 0. The van der Waals surface area contributed by atoms with Gasteiger partial charge in [0, 0.05) is 24.7 Å². The first-order chi connectivity index (χ1) is 10.1. The van der Waals surface area contributed by atoms with Crippen LogP contribution in [-0.4, -0.2) is 28.2 Å². The van der Waals surface area contributed by atoms with Crippen molar-refractivity contribution >= 4 is 11.8 Å². The van der Waals surface area contributed by atoms with Crippen LogP contribution < -0.4 is 10.6 Å². The number of benzene rings is 1. The van der Waals surface area contributed by atoms with Gasteiger partial charge in [0.15, 0.2) is 0 Å². The summed E-state index contributed by atoms with van der Waals surface area (Å²) in [5.74, 6) is 2.19. The molecule has 0 saturated carbocycles. The molecule has 3 N–H and O–H groups in total. The number of anilines is 2. The summed E-state index contributed by atoms with van der Waals surface area (Å²) < 4.78 is 0. The third-order valence-electron chi connectivity index (χ3n) is 4.00.